The molecule has 0 spiro atoms. The van der Waals surface area contributed by atoms with E-state index in [1.54, 1.807) is 18.0 Å². The molecule has 140 valence electrons. The zero-order valence-electron chi connectivity index (χ0n) is 15.4. The third kappa shape index (κ3) is 3.01. The second-order valence-corrected chi connectivity index (χ2v) is 9.09. The molecule has 3 unspecified atom stereocenters. The van der Waals surface area contributed by atoms with Gasteiger partial charge in [-0.15, -0.1) is 11.8 Å². The molecule has 2 amide bonds. The van der Waals surface area contributed by atoms with Crippen molar-refractivity contribution >= 4 is 23.6 Å². The molecule has 3 fully saturated rings. The van der Waals surface area contributed by atoms with E-state index in [-0.39, 0.29) is 22.7 Å². The van der Waals surface area contributed by atoms with Crippen LogP contribution < -0.4 is 0 Å². The number of fused-ring (bicyclic) bond motifs is 1. The first kappa shape index (κ1) is 17.8. The Morgan fingerprint density at radius 2 is 2.12 bits per heavy atom. The summed E-state index contributed by atoms with van der Waals surface area (Å²) in [7, 11) is 0. The third-order valence-corrected chi connectivity index (χ3v) is 7.58. The first-order chi connectivity index (χ1) is 12.5. The van der Waals surface area contributed by atoms with E-state index in [4.69, 9.17) is 0 Å². The van der Waals surface area contributed by atoms with E-state index < -0.39 is 0 Å². The Labute approximate surface area is 158 Å². The molecule has 3 saturated heterocycles. The second kappa shape index (κ2) is 6.85. The van der Waals surface area contributed by atoms with Crippen LogP contribution in [0.3, 0.4) is 0 Å². The normalized spacial score (nSPS) is 30.5. The molecule has 0 aromatic carbocycles. The lowest BCUT2D eigenvalue weighted by Crippen LogP contribution is -2.56. The maximum atomic E-state index is 13.1. The van der Waals surface area contributed by atoms with Crippen LogP contribution in [0.1, 0.15) is 38.3 Å². The Balaban J connectivity index is 1.38. The van der Waals surface area contributed by atoms with Gasteiger partial charge in [0.25, 0.3) is 0 Å². The van der Waals surface area contributed by atoms with Gasteiger partial charge in [0.15, 0.2) is 0 Å². The highest BCUT2D eigenvalue weighted by Crippen LogP contribution is 2.47. The van der Waals surface area contributed by atoms with Crippen LogP contribution in [0.2, 0.25) is 0 Å². The van der Waals surface area contributed by atoms with E-state index in [0.717, 1.165) is 38.4 Å². The number of carbonyl (C=O) groups excluding carboxylic acids is 2. The van der Waals surface area contributed by atoms with Crippen LogP contribution in [-0.4, -0.2) is 74.3 Å². The Bertz CT molecular complexity index is 692. The van der Waals surface area contributed by atoms with Crippen molar-refractivity contribution in [1.82, 2.24) is 19.7 Å². The lowest BCUT2D eigenvalue weighted by atomic mass is 10.1. The average Bonchev–Trinajstić information content (AvgIpc) is 3.17. The maximum absolute atomic E-state index is 13.1. The van der Waals surface area contributed by atoms with Gasteiger partial charge in [0.1, 0.15) is 6.04 Å². The van der Waals surface area contributed by atoms with Gasteiger partial charge in [-0.25, -0.2) is 0 Å². The number of pyridine rings is 1. The smallest absolute Gasteiger partial charge is 0.246 e. The summed E-state index contributed by atoms with van der Waals surface area (Å²) in [5.41, 5.74) is 1.21. The van der Waals surface area contributed by atoms with Crippen molar-refractivity contribution in [2.45, 2.75) is 43.6 Å². The van der Waals surface area contributed by atoms with Gasteiger partial charge in [0, 0.05) is 56.8 Å². The molecule has 3 aliphatic heterocycles. The molecule has 4 heterocycles. The van der Waals surface area contributed by atoms with E-state index in [1.165, 1.54) is 5.56 Å². The number of carbonyl (C=O) groups is 2. The summed E-state index contributed by atoms with van der Waals surface area (Å²) in [6.45, 7) is 7.45. The fourth-order valence-electron chi connectivity index (χ4n) is 4.38. The van der Waals surface area contributed by atoms with Gasteiger partial charge < -0.3 is 9.80 Å². The lowest BCUT2D eigenvalue weighted by molar-refractivity contribution is -0.145. The Hall–Kier alpha value is -1.60. The quantitative estimate of drug-likeness (QED) is 0.807. The van der Waals surface area contributed by atoms with Crippen molar-refractivity contribution in [1.29, 1.82) is 0 Å². The maximum Gasteiger partial charge on any atom is 0.246 e. The molecule has 7 heteroatoms. The zero-order valence-corrected chi connectivity index (χ0v) is 16.2. The van der Waals surface area contributed by atoms with Crippen LogP contribution in [0, 0.1) is 0 Å². The Morgan fingerprint density at radius 1 is 1.35 bits per heavy atom. The number of thioether (sulfide) groups is 1. The highest BCUT2D eigenvalue weighted by molar-refractivity contribution is 8.01. The molecule has 6 nitrogen and oxygen atoms in total. The highest BCUT2D eigenvalue weighted by Gasteiger charge is 2.53. The summed E-state index contributed by atoms with van der Waals surface area (Å²) in [5, 5.41) is 0. The topological polar surface area (TPSA) is 56.8 Å². The van der Waals surface area contributed by atoms with Crippen molar-refractivity contribution in [2.75, 3.05) is 31.9 Å². The van der Waals surface area contributed by atoms with Gasteiger partial charge in [0.05, 0.1) is 4.87 Å². The van der Waals surface area contributed by atoms with Crippen molar-refractivity contribution in [3.63, 3.8) is 0 Å². The number of nitrogens with zero attached hydrogens (tertiary/aromatic N) is 4. The summed E-state index contributed by atoms with van der Waals surface area (Å²) < 4.78 is 0. The number of rotatable bonds is 3. The molecule has 26 heavy (non-hydrogen) atoms. The van der Waals surface area contributed by atoms with Gasteiger partial charge in [-0.3, -0.25) is 19.5 Å². The molecule has 0 bridgehead atoms. The molecule has 0 saturated carbocycles. The van der Waals surface area contributed by atoms with Crippen LogP contribution in [0.15, 0.2) is 24.5 Å². The molecule has 0 aliphatic carbocycles. The molecule has 3 aliphatic rings. The van der Waals surface area contributed by atoms with E-state index >= 15 is 0 Å². The van der Waals surface area contributed by atoms with Gasteiger partial charge in [-0.2, -0.15) is 0 Å². The van der Waals surface area contributed by atoms with Crippen LogP contribution in [0.25, 0.3) is 0 Å². The second-order valence-electron chi connectivity index (χ2n) is 7.59. The van der Waals surface area contributed by atoms with Gasteiger partial charge in [0.2, 0.25) is 11.8 Å². The number of hydrogen-bond acceptors (Lipinski definition) is 5. The van der Waals surface area contributed by atoms with Crippen molar-refractivity contribution in [3.05, 3.63) is 30.1 Å². The minimum absolute atomic E-state index is 0.130. The van der Waals surface area contributed by atoms with E-state index in [0.29, 0.717) is 12.5 Å². The first-order valence-corrected chi connectivity index (χ1v) is 10.4. The summed E-state index contributed by atoms with van der Waals surface area (Å²) in [6, 6.07) is 4.09. The van der Waals surface area contributed by atoms with E-state index in [9.17, 15) is 9.59 Å². The van der Waals surface area contributed by atoms with E-state index in [1.807, 2.05) is 22.1 Å². The lowest BCUT2D eigenvalue weighted by Gasteiger charge is -2.40. The predicted molar refractivity (Wildman–Crippen MR) is 102 cm³/mol. The van der Waals surface area contributed by atoms with Gasteiger partial charge in [-0.1, -0.05) is 6.07 Å². The summed E-state index contributed by atoms with van der Waals surface area (Å²) in [6.07, 6.45) is 5.14. The van der Waals surface area contributed by atoms with Crippen molar-refractivity contribution < 1.29 is 9.59 Å². The van der Waals surface area contributed by atoms with Crippen molar-refractivity contribution in [3.8, 4) is 0 Å². The van der Waals surface area contributed by atoms with Gasteiger partial charge in [-0.05, 0) is 31.9 Å². The standard InChI is InChI=1S/C19H26N4O2S/c1-14(15-4-3-7-20-12-15)21-8-10-22(11-9-21)18(25)16-13-26-19(2)6-5-17(24)23(16)19/h3-4,7,12,14,16H,5-6,8-11,13H2,1-2H3. The summed E-state index contributed by atoms with van der Waals surface area (Å²) >= 11 is 1.76. The summed E-state index contributed by atoms with van der Waals surface area (Å²) in [4.78, 5) is 35.6. The van der Waals surface area contributed by atoms with Crippen LogP contribution in [0.4, 0.5) is 0 Å². The molecule has 0 N–H and O–H groups in total. The SMILES string of the molecule is CC(c1cccnc1)N1CCN(C(=O)C2CSC3(C)CCC(=O)N23)CC1. The van der Waals surface area contributed by atoms with E-state index in [2.05, 4.69) is 29.8 Å². The Morgan fingerprint density at radius 3 is 2.81 bits per heavy atom. The minimum Gasteiger partial charge on any atom is -0.338 e. The molecule has 0 radical (unpaired) electrons. The average molecular weight is 375 g/mol. The molecular formula is C19H26N4O2S. The predicted octanol–water partition coefficient (Wildman–Crippen LogP) is 1.74. The largest absolute Gasteiger partial charge is 0.338 e. The number of hydrogen-bond donors (Lipinski definition) is 0. The highest BCUT2D eigenvalue weighted by atomic mass is 32.2. The molecule has 1 aromatic rings. The molecule has 3 atom stereocenters. The van der Waals surface area contributed by atoms with Crippen LogP contribution in [-0.2, 0) is 9.59 Å². The fraction of sp³-hybridized carbons (Fsp3) is 0.632. The minimum atomic E-state index is -0.276. The zero-order chi connectivity index (χ0) is 18.3. The number of piperazine rings is 1. The van der Waals surface area contributed by atoms with Crippen LogP contribution in [0.5, 0.6) is 0 Å². The van der Waals surface area contributed by atoms with Crippen molar-refractivity contribution in [2.24, 2.45) is 0 Å². The van der Waals surface area contributed by atoms with Gasteiger partial charge >= 0.3 is 0 Å². The monoisotopic (exact) mass is 374 g/mol. The fourth-order valence-corrected chi connectivity index (χ4v) is 5.80. The number of aromatic nitrogens is 1. The Kier molecular flexibility index (Phi) is 4.69. The third-order valence-electron chi connectivity index (χ3n) is 6.07. The molecular weight excluding hydrogens is 348 g/mol. The number of amides is 2. The van der Waals surface area contributed by atoms with Crippen LogP contribution >= 0.6 is 11.8 Å². The molecule has 1 aromatic heterocycles. The first-order valence-electron chi connectivity index (χ1n) is 9.38. The summed E-state index contributed by atoms with van der Waals surface area (Å²) in [5.74, 6) is 0.998. The molecule has 4 rings (SSSR count).